The highest BCUT2D eigenvalue weighted by atomic mass is 16.5. The van der Waals surface area contributed by atoms with E-state index in [1.54, 1.807) is 6.20 Å². The van der Waals surface area contributed by atoms with Crippen LogP contribution in [0.3, 0.4) is 0 Å². The van der Waals surface area contributed by atoms with E-state index >= 15 is 0 Å². The first-order chi connectivity index (χ1) is 13.7. The maximum absolute atomic E-state index is 13.3. The Balaban J connectivity index is 1.50. The summed E-state index contributed by atoms with van der Waals surface area (Å²) in [6.07, 6.45) is 4.96. The molecule has 28 heavy (non-hydrogen) atoms. The van der Waals surface area contributed by atoms with Crippen LogP contribution < -0.4 is 5.32 Å². The van der Waals surface area contributed by atoms with Gasteiger partial charge < -0.3 is 10.1 Å². The van der Waals surface area contributed by atoms with Gasteiger partial charge in [0.1, 0.15) is 0 Å². The molecule has 2 aromatic carbocycles. The number of nitrogens with zero attached hydrogens (tertiary/aromatic N) is 2. The summed E-state index contributed by atoms with van der Waals surface area (Å²) in [5.74, 6) is 0.0110. The van der Waals surface area contributed by atoms with Gasteiger partial charge in [0.25, 0.3) is 0 Å². The van der Waals surface area contributed by atoms with Crippen LogP contribution in [0.25, 0.3) is 0 Å². The Morgan fingerprint density at radius 1 is 1.11 bits per heavy atom. The lowest BCUT2D eigenvalue weighted by Crippen LogP contribution is -2.44. The normalized spacial score (nSPS) is 15.9. The first kappa shape index (κ1) is 18.4. The van der Waals surface area contributed by atoms with E-state index in [1.807, 2.05) is 41.2 Å². The van der Waals surface area contributed by atoms with Crippen LogP contribution in [0.4, 0.5) is 5.69 Å². The maximum atomic E-state index is 13.3. The van der Waals surface area contributed by atoms with Crippen LogP contribution >= 0.6 is 0 Å². The van der Waals surface area contributed by atoms with Gasteiger partial charge in [0.2, 0.25) is 5.91 Å². The number of nitrogens with one attached hydrogen (secondary N) is 1. The highest BCUT2D eigenvalue weighted by Gasteiger charge is 2.41. The predicted molar refractivity (Wildman–Crippen MR) is 109 cm³/mol. The topological polar surface area (TPSA) is 56.2 Å². The molecule has 1 aliphatic rings. The largest absolute Gasteiger partial charge is 0.381 e. The maximum Gasteiger partial charge on any atom is 0.235 e. The number of hydrogen-bond donors (Lipinski definition) is 1. The molecule has 144 valence electrons. The molecule has 1 saturated heterocycles. The number of carbonyl (C=O) groups is 1. The Morgan fingerprint density at radius 3 is 2.54 bits per heavy atom. The second-order valence-corrected chi connectivity index (χ2v) is 7.43. The zero-order valence-electron chi connectivity index (χ0n) is 16.1. The molecule has 5 nitrogen and oxygen atoms in total. The third kappa shape index (κ3) is 3.85. The van der Waals surface area contributed by atoms with Crippen LogP contribution in [-0.4, -0.2) is 28.9 Å². The molecule has 0 aliphatic carbocycles. The minimum Gasteiger partial charge on any atom is -0.381 e. The van der Waals surface area contributed by atoms with Gasteiger partial charge in [0.05, 0.1) is 23.8 Å². The van der Waals surface area contributed by atoms with Crippen LogP contribution in [-0.2, 0) is 21.5 Å². The zero-order chi connectivity index (χ0) is 19.4. The van der Waals surface area contributed by atoms with Crippen molar-refractivity contribution in [2.45, 2.75) is 31.7 Å². The Bertz CT molecular complexity index is 926. The van der Waals surface area contributed by atoms with Crippen LogP contribution in [0.15, 0.2) is 67.0 Å². The van der Waals surface area contributed by atoms with E-state index in [0.717, 1.165) is 11.3 Å². The van der Waals surface area contributed by atoms with Gasteiger partial charge in [-0.25, -0.2) is 0 Å². The third-order valence-corrected chi connectivity index (χ3v) is 5.46. The molecule has 3 aromatic rings. The third-order valence-electron chi connectivity index (χ3n) is 5.46. The van der Waals surface area contributed by atoms with Crippen molar-refractivity contribution in [2.24, 2.45) is 0 Å². The summed E-state index contributed by atoms with van der Waals surface area (Å²) in [6.45, 7) is 3.93. The summed E-state index contributed by atoms with van der Waals surface area (Å²) < 4.78 is 7.38. The van der Waals surface area contributed by atoms with E-state index in [-0.39, 0.29) is 5.91 Å². The Morgan fingerprint density at radius 2 is 1.82 bits per heavy atom. The average molecular weight is 375 g/mol. The molecule has 1 amide bonds. The molecule has 0 atom stereocenters. The molecule has 5 heteroatoms. The first-order valence-corrected chi connectivity index (χ1v) is 9.68. The van der Waals surface area contributed by atoms with Gasteiger partial charge in [-0.3, -0.25) is 9.48 Å². The second kappa shape index (κ2) is 7.98. The summed E-state index contributed by atoms with van der Waals surface area (Å²) in [6, 6.07) is 18.4. The zero-order valence-corrected chi connectivity index (χ0v) is 16.1. The lowest BCUT2D eigenvalue weighted by Gasteiger charge is -2.36. The molecule has 0 unspecified atom stereocenters. The number of carbonyl (C=O) groups excluding carboxylic acids is 1. The molecule has 0 spiro atoms. The lowest BCUT2D eigenvalue weighted by molar-refractivity contribution is -0.125. The van der Waals surface area contributed by atoms with Gasteiger partial charge in [0, 0.05) is 19.4 Å². The minimum atomic E-state index is -0.557. The SMILES string of the molecule is Cc1ccc(Cn2cc(NC(=O)C3(c4ccccc4)CCOCC3)cn2)cc1. The van der Waals surface area contributed by atoms with Crippen LogP contribution in [0.2, 0.25) is 0 Å². The summed E-state index contributed by atoms with van der Waals surface area (Å²) in [7, 11) is 0. The summed E-state index contributed by atoms with van der Waals surface area (Å²) >= 11 is 0. The standard InChI is InChI=1S/C23H25N3O2/c1-18-7-9-19(10-8-18)16-26-17-21(15-24-26)25-22(27)23(11-13-28-14-12-23)20-5-3-2-4-6-20/h2-10,15,17H,11-14,16H2,1H3,(H,25,27). The van der Waals surface area contributed by atoms with Gasteiger partial charge in [-0.1, -0.05) is 60.2 Å². The van der Waals surface area contributed by atoms with E-state index in [2.05, 4.69) is 41.6 Å². The highest BCUT2D eigenvalue weighted by molar-refractivity contribution is 5.99. The molecular formula is C23H25N3O2. The van der Waals surface area contributed by atoms with Crippen LogP contribution in [0.5, 0.6) is 0 Å². The van der Waals surface area contributed by atoms with Crippen molar-refractivity contribution in [3.63, 3.8) is 0 Å². The van der Waals surface area contributed by atoms with Crippen molar-refractivity contribution in [1.29, 1.82) is 0 Å². The van der Waals surface area contributed by atoms with Crippen molar-refractivity contribution in [1.82, 2.24) is 9.78 Å². The molecule has 1 fully saturated rings. The number of hydrogen-bond acceptors (Lipinski definition) is 3. The van der Waals surface area contributed by atoms with Crippen molar-refractivity contribution in [3.8, 4) is 0 Å². The van der Waals surface area contributed by atoms with E-state index < -0.39 is 5.41 Å². The smallest absolute Gasteiger partial charge is 0.235 e. The second-order valence-electron chi connectivity index (χ2n) is 7.43. The van der Waals surface area contributed by atoms with Crippen molar-refractivity contribution < 1.29 is 9.53 Å². The van der Waals surface area contributed by atoms with E-state index in [4.69, 9.17) is 4.74 Å². The minimum absolute atomic E-state index is 0.0110. The number of amides is 1. The number of anilines is 1. The van der Waals surface area contributed by atoms with Gasteiger partial charge in [-0.05, 0) is 30.9 Å². The average Bonchev–Trinajstić information content (AvgIpc) is 3.17. The molecule has 0 radical (unpaired) electrons. The number of rotatable bonds is 5. The fourth-order valence-corrected chi connectivity index (χ4v) is 3.77. The van der Waals surface area contributed by atoms with Gasteiger partial charge in [0.15, 0.2) is 0 Å². The first-order valence-electron chi connectivity index (χ1n) is 9.68. The summed E-state index contributed by atoms with van der Waals surface area (Å²) in [5, 5.41) is 7.49. The number of benzene rings is 2. The molecule has 1 N–H and O–H groups in total. The fraction of sp³-hybridized carbons (Fsp3) is 0.304. The Kier molecular flexibility index (Phi) is 5.26. The van der Waals surface area contributed by atoms with Crippen molar-refractivity contribution in [3.05, 3.63) is 83.7 Å². The van der Waals surface area contributed by atoms with Crippen molar-refractivity contribution in [2.75, 3.05) is 18.5 Å². The predicted octanol–water partition coefficient (Wildman–Crippen LogP) is 3.93. The van der Waals surface area contributed by atoms with Crippen LogP contribution in [0.1, 0.15) is 29.5 Å². The van der Waals surface area contributed by atoms with Crippen LogP contribution in [0, 0.1) is 6.92 Å². The van der Waals surface area contributed by atoms with E-state index in [0.29, 0.717) is 32.6 Å². The quantitative estimate of drug-likeness (QED) is 0.735. The summed E-state index contributed by atoms with van der Waals surface area (Å²) in [4.78, 5) is 13.3. The number of aryl methyl sites for hydroxylation is 1. The van der Waals surface area contributed by atoms with E-state index in [9.17, 15) is 4.79 Å². The van der Waals surface area contributed by atoms with Crippen molar-refractivity contribution >= 4 is 11.6 Å². The summed E-state index contributed by atoms with van der Waals surface area (Å²) in [5.41, 5.74) is 3.62. The van der Waals surface area contributed by atoms with Gasteiger partial charge >= 0.3 is 0 Å². The molecule has 0 bridgehead atoms. The fourth-order valence-electron chi connectivity index (χ4n) is 3.77. The molecule has 1 aliphatic heterocycles. The number of aromatic nitrogens is 2. The van der Waals surface area contributed by atoms with Gasteiger partial charge in [-0.15, -0.1) is 0 Å². The number of ether oxygens (including phenoxy) is 1. The Labute approximate surface area is 165 Å². The molecule has 4 rings (SSSR count). The lowest BCUT2D eigenvalue weighted by atomic mass is 9.73. The van der Waals surface area contributed by atoms with Gasteiger partial charge in [-0.2, -0.15) is 5.10 Å². The molecule has 0 saturated carbocycles. The monoisotopic (exact) mass is 375 g/mol. The molecule has 1 aromatic heterocycles. The molecule has 2 heterocycles. The molecular weight excluding hydrogens is 350 g/mol. The van der Waals surface area contributed by atoms with E-state index in [1.165, 1.54) is 11.1 Å². The highest BCUT2D eigenvalue weighted by Crippen LogP contribution is 2.36. The Hall–Kier alpha value is -2.92.